The fraction of sp³-hybridized carbons (Fsp3) is 0.0455. The van der Waals surface area contributed by atoms with Crippen LogP contribution in [0.15, 0.2) is 70.3 Å². The zero-order valence-corrected chi connectivity index (χ0v) is 15.6. The van der Waals surface area contributed by atoms with Crippen molar-refractivity contribution in [2.45, 2.75) is 6.42 Å². The van der Waals surface area contributed by atoms with E-state index in [9.17, 15) is 15.0 Å². The van der Waals surface area contributed by atoms with Gasteiger partial charge in [-0.1, -0.05) is 18.2 Å². The third kappa shape index (κ3) is 2.82. The number of pyridine rings is 1. The first kappa shape index (κ1) is 17.7. The molecule has 8 heteroatoms. The van der Waals surface area contributed by atoms with E-state index in [4.69, 9.17) is 10.1 Å². The summed E-state index contributed by atoms with van der Waals surface area (Å²) in [6, 6.07) is 13.9. The summed E-state index contributed by atoms with van der Waals surface area (Å²) >= 11 is 0. The summed E-state index contributed by atoms with van der Waals surface area (Å²) in [4.78, 5) is 15.0. The highest BCUT2D eigenvalue weighted by atomic mass is 16.5. The van der Waals surface area contributed by atoms with Crippen LogP contribution < -0.4 is 25.9 Å². The molecule has 2 aliphatic rings. The molecule has 0 spiro atoms. The highest BCUT2D eigenvalue weighted by Crippen LogP contribution is 2.30. The second-order valence-electron chi connectivity index (χ2n) is 6.96. The second-order valence-corrected chi connectivity index (χ2v) is 6.96. The minimum atomic E-state index is -0.527. The molecule has 0 atom stereocenters. The zero-order valence-electron chi connectivity index (χ0n) is 15.6. The third-order valence-corrected chi connectivity index (χ3v) is 4.96. The summed E-state index contributed by atoms with van der Waals surface area (Å²) in [6.07, 6.45) is 3.60. The number of rotatable bonds is 2. The lowest BCUT2D eigenvalue weighted by atomic mass is 10.0. The summed E-state index contributed by atoms with van der Waals surface area (Å²) in [5, 5.41) is 34.7. The number of allylic oxidation sites excluding steroid dienone is 1. The first-order chi connectivity index (χ1) is 14.5. The number of H-pyrrole nitrogens is 1. The van der Waals surface area contributed by atoms with Crippen molar-refractivity contribution in [3.63, 3.8) is 0 Å². The molecule has 8 nitrogen and oxygen atoms in total. The van der Waals surface area contributed by atoms with Gasteiger partial charge in [0.05, 0.1) is 17.2 Å². The number of hydrogen-bond donors (Lipinski definition) is 4. The predicted octanol–water partition coefficient (Wildman–Crippen LogP) is 1.47. The van der Waals surface area contributed by atoms with Crippen LogP contribution in [0.5, 0.6) is 17.4 Å². The van der Waals surface area contributed by atoms with Gasteiger partial charge >= 0.3 is 0 Å². The minimum Gasteiger partial charge on any atom is -0.508 e. The van der Waals surface area contributed by atoms with E-state index in [0.29, 0.717) is 23.4 Å². The van der Waals surface area contributed by atoms with E-state index < -0.39 is 11.4 Å². The van der Waals surface area contributed by atoms with Crippen LogP contribution in [0.1, 0.15) is 11.1 Å². The maximum Gasteiger partial charge on any atom is 0.260 e. The highest BCUT2D eigenvalue weighted by Gasteiger charge is 2.27. The quantitative estimate of drug-likeness (QED) is 0.519. The van der Waals surface area contributed by atoms with Gasteiger partial charge in [-0.2, -0.15) is 5.10 Å². The number of aromatic hydroxyl groups is 2. The number of hydrogen-bond acceptors (Lipinski definition) is 6. The number of phenols is 1. The summed E-state index contributed by atoms with van der Waals surface area (Å²) < 4.78 is 5.61. The largest absolute Gasteiger partial charge is 0.508 e. The van der Waals surface area contributed by atoms with Crippen LogP contribution in [0.3, 0.4) is 0 Å². The Balaban J connectivity index is 1.66. The number of phenolic OH excluding ortho intramolecular Hbond substituents is 1. The molecular formula is C22H16N4O4. The van der Waals surface area contributed by atoms with Crippen molar-refractivity contribution in [2.75, 3.05) is 5.01 Å². The predicted molar refractivity (Wildman–Crippen MR) is 110 cm³/mol. The molecule has 148 valence electrons. The molecule has 0 bridgehead atoms. The molecule has 2 aromatic carbocycles. The molecule has 0 saturated heterocycles. The van der Waals surface area contributed by atoms with Gasteiger partial charge in [0.25, 0.3) is 5.56 Å². The highest BCUT2D eigenvalue weighted by molar-refractivity contribution is 6.10. The Labute approximate surface area is 169 Å². The van der Waals surface area contributed by atoms with Crippen LogP contribution in [-0.2, 0) is 6.42 Å². The minimum absolute atomic E-state index is 0.0382. The average molecular weight is 400 g/mol. The number of aromatic nitrogens is 1. The van der Waals surface area contributed by atoms with E-state index in [0.717, 1.165) is 5.56 Å². The van der Waals surface area contributed by atoms with Crippen LogP contribution in [0.2, 0.25) is 0 Å². The molecule has 0 fully saturated rings. The Morgan fingerprint density at radius 3 is 2.77 bits per heavy atom. The SMILES string of the molecule is N=C1c2c(O)[nH]c(=O)/c(=C/C3=COc4ccc(O)cc4C3)c2=NN1c1ccccc1. The van der Waals surface area contributed by atoms with E-state index in [1.165, 1.54) is 11.3 Å². The molecule has 4 N–H and O–H groups in total. The molecule has 0 aliphatic carbocycles. The Hall–Kier alpha value is -4.33. The Morgan fingerprint density at radius 1 is 1.17 bits per heavy atom. The van der Waals surface area contributed by atoms with Crippen LogP contribution in [0.25, 0.3) is 6.08 Å². The molecule has 5 rings (SSSR count). The van der Waals surface area contributed by atoms with E-state index in [1.807, 2.05) is 18.2 Å². The normalized spacial score (nSPS) is 15.2. The van der Waals surface area contributed by atoms with E-state index in [2.05, 4.69) is 10.1 Å². The van der Waals surface area contributed by atoms with E-state index in [1.54, 1.807) is 36.4 Å². The molecule has 1 aromatic heterocycles. The number of fused-ring (bicyclic) bond motifs is 2. The summed E-state index contributed by atoms with van der Waals surface area (Å²) in [6.45, 7) is 0. The zero-order chi connectivity index (χ0) is 20.8. The van der Waals surface area contributed by atoms with Gasteiger partial charge < -0.3 is 14.9 Å². The fourth-order valence-electron chi connectivity index (χ4n) is 3.56. The van der Waals surface area contributed by atoms with Crippen molar-refractivity contribution >= 4 is 17.6 Å². The number of aromatic amines is 1. The van der Waals surface area contributed by atoms with Gasteiger partial charge in [-0.25, -0.2) is 5.01 Å². The van der Waals surface area contributed by atoms with Gasteiger partial charge in [0.2, 0.25) is 5.88 Å². The lowest BCUT2D eigenvalue weighted by Crippen LogP contribution is -2.42. The summed E-state index contributed by atoms with van der Waals surface area (Å²) in [7, 11) is 0. The Bertz CT molecular complexity index is 1410. The average Bonchev–Trinajstić information content (AvgIpc) is 3.09. The van der Waals surface area contributed by atoms with Crippen molar-refractivity contribution in [3.05, 3.63) is 92.4 Å². The van der Waals surface area contributed by atoms with Crippen LogP contribution >= 0.6 is 0 Å². The molecule has 30 heavy (non-hydrogen) atoms. The van der Waals surface area contributed by atoms with E-state index in [-0.39, 0.29) is 27.7 Å². The van der Waals surface area contributed by atoms with Gasteiger partial charge in [-0.15, -0.1) is 0 Å². The second kappa shape index (κ2) is 6.63. The molecule has 0 saturated carbocycles. The lowest BCUT2D eigenvalue weighted by Gasteiger charge is -2.15. The maximum absolute atomic E-state index is 12.6. The van der Waals surface area contributed by atoms with E-state index >= 15 is 0 Å². The smallest absolute Gasteiger partial charge is 0.260 e. The van der Waals surface area contributed by atoms with Crippen LogP contribution in [0, 0.1) is 5.41 Å². The maximum atomic E-state index is 12.6. The van der Waals surface area contributed by atoms with Gasteiger partial charge in [0.1, 0.15) is 22.4 Å². The number of nitrogens with zero attached hydrogens (tertiary/aromatic N) is 2. The molecule has 0 unspecified atom stereocenters. The monoisotopic (exact) mass is 400 g/mol. The molecule has 0 radical (unpaired) electrons. The molecule has 3 heterocycles. The first-order valence-electron chi connectivity index (χ1n) is 9.18. The topological polar surface area (TPSA) is 122 Å². The van der Waals surface area contributed by atoms with Crippen molar-refractivity contribution < 1.29 is 14.9 Å². The fourth-order valence-corrected chi connectivity index (χ4v) is 3.56. The van der Waals surface area contributed by atoms with Crippen molar-refractivity contribution in [1.29, 1.82) is 5.41 Å². The van der Waals surface area contributed by atoms with Crippen LogP contribution in [-0.4, -0.2) is 21.0 Å². The number of anilines is 1. The van der Waals surface area contributed by atoms with Crippen molar-refractivity contribution in [2.24, 2.45) is 5.10 Å². The molecular weight excluding hydrogens is 384 g/mol. The van der Waals surface area contributed by atoms with Crippen LogP contribution in [0.4, 0.5) is 5.69 Å². The molecule has 0 amide bonds. The van der Waals surface area contributed by atoms with Crippen molar-refractivity contribution in [1.82, 2.24) is 4.98 Å². The standard InChI is InChI=1S/C22H16N4O4/c23-20-18-19(25-26(20)14-4-2-1-3-5-14)16(21(28)24-22(18)29)9-12-8-13-10-15(27)6-7-17(13)30-11-12/h1-7,9-11,23,27,29H,8H2,(H,24,28)/b16-9+,23-20?. The Morgan fingerprint density at radius 2 is 1.97 bits per heavy atom. The number of ether oxygens (including phenoxy) is 1. The number of para-hydroxylation sites is 1. The molecule has 3 aromatic rings. The molecule has 2 aliphatic heterocycles. The Kier molecular flexibility index (Phi) is 3.92. The van der Waals surface area contributed by atoms with Gasteiger partial charge in [-0.3, -0.25) is 15.2 Å². The van der Waals surface area contributed by atoms with Gasteiger partial charge in [-0.05, 0) is 42.0 Å². The third-order valence-electron chi connectivity index (χ3n) is 4.96. The van der Waals surface area contributed by atoms with Gasteiger partial charge in [0, 0.05) is 12.0 Å². The van der Waals surface area contributed by atoms with Crippen molar-refractivity contribution in [3.8, 4) is 17.4 Å². The first-order valence-corrected chi connectivity index (χ1v) is 9.18. The summed E-state index contributed by atoms with van der Waals surface area (Å²) in [5.74, 6) is 0.327. The lowest BCUT2D eigenvalue weighted by molar-refractivity contribution is 0.448. The van der Waals surface area contributed by atoms with Gasteiger partial charge in [0.15, 0.2) is 5.84 Å². The number of benzene rings is 2. The number of nitrogens with one attached hydrogen (secondary N) is 2. The number of amidine groups is 1. The summed E-state index contributed by atoms with van der Waals surface area (Å²) in [5.41, 5.74) is 1.74.